The average Bonchev–Trinajstić information content (AvgIpc) is 2.27. The predicted molar refractivity (Wildman–Crippen MR) is 78.8 cm³/mol. The lowest BCUT2D eigenvalue weighted by atomic mass is 10.0. The molecule has 0 saturated carbocycles. The van der Waals surface area contributed by atoms with Gasteiger partial charge in [-0.25, -0.2) is 0 Å². The Morgan fingerprint density at radius 3 is 2.39 bits per heavy atom. The standard InChI is InChI=1S/C14H31N3O/c1-6-18-13(12(4)5)8-10-17-14(15)16-9-7-11(2)3/h11-13H,6-10H2,1-5H3,(H3,15,16,17). The maximum Gasteiger partial charge on any atom is 0.188 e. The molecule has 0 aliphatic carbocycles. The molecule has 0 aromatic rings. The molecule has 0 radical (unpaired) electrons. The molecule has 3 N–H and O–H groups in total. The molecule has 0 spiro atoms. The van der Waals surface area contributed by atoms with Crippen LogP contribution in [0.2, 0.25) is 0 Å². The van der Waals surface area contributed by atoms with E-state index in [0.29, 0.717) is 17.8 Å². The van der Waals surface area contributed by atoms with Gasteiger partial charge in [0, 0.05) is 19.7 Å². The molecule has 0 aromatic carbocycles. The Labute approximate surface area is 112 Å². The number of rotatable bonds is 9. The number of nitrogens with zero attached hydrogens (tertiary/aromatic N) is 1. The Bertz CT molecular complexity index is 227. The third-order valence-corrected chi connectivity index (χ3v) is 2.85. The number of ether oxygens (including phenoxy) is 1. The van der Waals surface area contributed by atoms with Gasteiger partial charge in [-0.1, -0.05) is 27.7 Å². The zero-order chi connectivity index (χ0) is 14.0. The van der Waals surface area contributed by atoms with Gasteiger partial charge in [0.25, 0.3) is 0 Å². The first-order chi connectivity index (χ1) is 8.47. The Hall–Kier alpha value is -0.770. The molecule has 1 unspecified atom stereocenters. The molecule has 0 bridgehead atoms. The lowest BCUT2D eigenvalue weighted by Crippen LogP contribution is -2.33. The largest absolute Gasteiger partial charge is 0.378 e. The smallest absolute Gasteiger partial charge is 0.188 e. The molecule has 0 aliphatic rings. The normalized spacial score (nSPS) is 14.3. The van der Waals surface area contributed by atoms with Crippen LogP contribution in [-0.2, 0) is 4.74 Å². The van der Waals surface area contributed by atoms with Gasteiger partial charge in [0.2, 0.25) is 0 Å². The van der Waals surface area contributed by atoms with E-state index in [1.54, 1.807) is 0 Å². The summed E-state index contributed by atoms with van der Waals surface area (Å²) in [6.45, 7) is 13.2. The number of guanidine groups is 1. The van der Waals surface area contributed by atoms with Crippen molar-refractivity contribution < 1.29 is 4.74 Å². The maximum absolute atomic E-state index is 5.79. The van der Waals surface area contributed by atoms with Gasteiger partial charge in [-0.3, -0.25) is 4.99 Å². The van der Waals surface area contributed by atoms with Crippen LogP contribution in [0.5, 0.6) is 0 Å². The van der Waals surface area contributed by atoms with Crippen LogP contribution in [0.3, 0.4) is 0 Å². The highest BCUT2D eigenvalue weighted by Crippen LogP contribution is 2.10. The molecule has 0 saturated heterocycles. The minimum absolute atomic E-state index is 0.280. The van der Waals surface area contributed by atoms with Gasteiger partial charge >= 0.3 is 0 Å². The van der Waals surface area contributed by atoms with Crippen LogP contribution in [0.25, 0.3) is 0 Å². The summed E-state index contributed by atoms with van der Waals surface area (Å²) >= 11 is 0. The fourth-order valence-electron chi connectivity index (χ4n) is 1.68. The van der Waals surface area contributed by atoms with Gasteiger partial charge in [-0.2, -0.15) is 0 Å². The highest BCUT2D eigenvalue weighted by Gasteiger charge is 2.12. The van der Waals surface area contributed by atoms with E-state index in [-0.39, 0.29) is 6.10 Å². The van der Waals surface area contributed by atoms with E-state index in [9.17, 15) is 0 Å². The first-order valence-corrected chi connectivity index (χ1v) is 7.12. The second-order valence-corrected chi connectivity index (χ2v) is 5.40. The van der Waals surface area contributed by atoms with Crippen LogP contribution in [-0.4, -0.2) is 31.8 Å². The van der Waals surface area contributed by atoms with Crippen molar-refractivity contribution in [2.45, 2.75) is 53.6 Å². The molecule has 0 aliphatic heterocycles. The fourth-order valence-corrected chi connectivity index (χ4v) is 1.68. The molecule has 0 fully saturated rings. The summed E-state index contributed by atoms with van der Waals surface area (Å²) in [5.41, 5.74) is 5.79. The molecule has 4 nitrogen and oxygen atoms in total. The van der Waals surface area contributed by atoms with E-state index in [1.807, 2.05) is 6.92 Å². The third kappa shape index (κ3) is 9.28. The third-order valence-electron chi connectivity index (χ3n) is 2.85. The van der Waals surface area contributed by atoms with Crippen LogP contribution < -0.4 is 11.1 Å². The van der Waals surface area contributed by atoms with Crippen LogP contribution in [0, 0.1) is 11.8 Å². The lowest BCUT2D eigenvalue weighted by molar-refractivity contribution is 0.0266. The Balaban J connectivity index is 3.83. The second kappa shape index (κ2) is 10.2. The molecule has 0 aromatic heterocycles. The van der Waals surface area contributed by atoms with Gasteiger partial charge in [0.05, 0.1) is 6.10 Å². The van der Waals surface area contributed by atoms with Crippen molar-refractivity contribution in [1.29, 1.82) is 0 Å². The summed E-state index contributed by atoms with van der Waals surface area (Å²) in [5, 5.41) is 3.14. The Morgan fingerprint density at radius 1 is 1.22 bits per heavy atom. The molecule has 1 atom stereocenters. The van der Waals surface area contributed by atoms with Crippen molar-refractivity contribution in [2.24, 2.45) is 22.6 Å². The zero-order valence-electron chi connectivity index (χ0n) is 12.7. The highest BCUT2D eigenvalue weighted by atomic mass is 16.5. The fraction of sp³-hybridized carbons (Fsp3) is 0.929. The van der Waals surface area contributed by atoms with E-state index in [1.165, 1.54) is 0 Å². The van der Waals surface area contributed by atoms with Crippen molar-refractivity contribution in [3.05, 3.63) is 0 Å². The van der Waals surface area contributed by atoms with Crippen molar-refractivity contribution in [3.63, 3.8) is 0 Å². The van der Waals surface area contributed by atoms with Gasteiger partial charge in [-0.05, 0) is 31.6 Å². The van der Waals surface area contributed by atoms with E-state index in [0.717, 1.165) is 32.5 Å². The first-order valence-electron chi connectivity index (χ1n) is 7.12. The van der Waals surface area contributed by atoms with E-state index < -0.39 is 0 Å². The lowest BCUT2D eigenvalue weighted by Gasteiger charge is -2.19. The van der Waals surface area contributed by atoms with Gasteiger partial charge in [-0.15, -0.1) is 0 Å². The molecule has 108 valence electrons. The van der Waals surface area contributed by atoms with E-state index in [4.69, 9.17) is 10.5 Å². The van der Waals surface area contributed by atoms with Gasteiger partial charge in [0.15, 0.2) is 5.96 Å². The number of aliphatic imine (C=N–C) groups is 1. The van der Waals surface area contributed by atoms with Crippen molar-refractivity contribution in [2.75, 3.05) is 19.7 Å². The Morgan fingerprint density at radius 2 is 1.89 bits per heavy atom. The first kappa shape index (κ1) is 17.2. The van der Waals surface area contributed by atoms with Crippen molar-refractivity contribution in [1.82, 2.24) is 5.32 Å². The predicted octanol–water partition coefficient (Wildman–Crippen LogP) is 2.39. The topological polar surface area (TPSA) is 59.6 Å². The summed E-state index contributed by atoms with van der Waals surface area (Å²) in [5.74, 6) is 1.76. The summed E-state index contributed by atoms with van der Waals surface area (Å²) in [6.07, 6.45) is 2.32. The van der Waals surface area contributed by atoms with Crippen molar-refractivity contribution in [3.8, 4) is 0 Å². The minimum Gasteiger partial charge on any atom is -0.378 e. The molecule has 18 heavy (non-hydrogen) atoms. The van der Waals surface area contributed by atoms with Crippen LogP contribution >= 0.6 is 0 Å². The second-order valence-electron chi connectivity index (χ2n) is 5.40. The Kier molecular flexibility index (Phi) is 9.74. The summed E-state index contributed by atoms with van der Waals surface area (Å²) in [7, 11) is 0. The maximum atomic E-state index is 5.79. The molecule has 0 amide bonds. The molecule has 0 heterocycles. The monoisotopic (exact) mass is 257 g/mol. The SMILES string of the molecule is CCOC(CCN=C(N)NCCC(C)C)C(C)C. The van der Waals surface area contributed by atoms with Crippen LogP contribution in [0.15, 0.2) is 4.99 Å². The number of nitrogens with one attached hydrogen (secondary N) is 1. The molecule has 0 rings (SSSR count). The number of hydrogen-bond acceptors (Lipinski definition) is 2. The van der Waals surface area contributed by atoms with Crippen molar-refractivity contribution >= 4 is 5.96 Å². The molecular weight excluding hydrogens is 226 g/mol. The van der Waals surface area contributed by atoms with Crippen LogP contribution in [0.4, 0.5) is 0 Å². The molecule has 4 heteroatoms. The number of nitrogens with two attached hydrogens (primary N) is 1. The van der Waals surface area contributed by atoms with Gasteiger partial charge in [0.1, 0.15) is 0 Å². The summed E-state index contributed by atoms with van der Waals surface area (Å²) in [6, 6.07) is 0. The quantitative estimate of drug-likeness (QED) is 0.492. The summed E-state index contributed by atoms with van der Waals surface area (Å²) in [4.78, 5) is 4.33. The minimum atomic E-state index is 0.280. The van der Waals surface area contributed by atoms with Crippen LogP contribution in [0.1, 0.15) is 47.5 Å². The molecular formula is C14H31N3O. The highest BCUT2D eigenvalue weighted by molar-refractivity contribution is 5.77. The summed E-state index contributed by atoms with van der Waals surface area (Å²) < 4.78 is 5.67. The van der Waals surface area contributed by atoms with E-state index in [2.05, 4.69) is 38.0 Å². The van der Waals surface area contributed by atoms with Gasteiger partial charge < -0.3 is 15.8 Å². The zero-order valence-corrected chi connectivity index (χ0v) is 12.7. The number of hydrogen-bond donors (Lipinski definition) is 2. The average molecular weight is 257 g/mol. The van der Waals surface area contributed by atoms with E-state index >= 15 is 0 Å².